The molecule has 1 heterocycles. The van der Waals surface area contributed by atoms with Crippen LogP contribution in [0.3, 0.4) is 0 Å². The molecule has 2 aromatic rings. The third-order valence-electron chi connectivity index (χ3n) is 7.03. The van der Waals surface area contributed by atoms with Gasteiger partial charge in [0.2, 0.25) is 0 Å². The largest absolute Gasteiger partial charge is 0.297 e. The molecule has 3 unspecified atom stereocenters. The number of nitrogens with zero attached hydrogens (tertiary/aromatic N) is 4. The Labute approximate surface area is 227 Å². The minimum Gasteiger partial charge on any atom is -0.297 e. The summed E-state index contributed by atoms with van der Waals surface area (Å²) in [6.45, 7) is 4.04. The number of likely N-dealkylation sites (tertiary alicyclic amines) is 1. The maximum atomic E-state index is 11.9. The first-order chi connectivity index (χ1) is 17.9. The Morgan fingerprint density at radius 1 is 1.00 bits per heavy atom. The summed E-state index contributed by atoms with van der Waals surface area (Å²) in [6.07, 6.45) is 3.47. The molecule has 0 amide bonds. The monoisotopic (exact) mass is 556 g/mol. The molecule has 0 aromatic heterocycles. The van der Waals surface area contributed by atoms with Crippen LogP contribution in [-0.2, 0) is 32.8 Å². The van der Waals surface area contributed by atoms with Crippen LogP contribution < -0.4 is 0 Å². The van der Waals surface area contributed by atoms with E-state index in [4.69, 9.17) is 10.5 Å². The van der Waals surface area contributed by atoms with Gasteiger partial charge in [-0.15, -0.1) is 0 Å². The van der Waals surface area contributed by atoms with Crippen LogP contribution in [0, 0.1) is 34.0 Å². The van der Waals surface area contributed by atoms with E-state index in [0.717, 1.165) is 44.1 Å². The second-order valence-electron chi connectivity index (χ2n) is 10.5. The highest BCUT2D eigenvalue weighted by Gasteiger charge is 2.60. The molecule has 10 heteroatoms. The Kier molecular flexibility index (Phi) is 10.1. The van der Waals surface area contributed by atoms with Crippen molar-refractivity contribution in [2.24, 2.45) is 11.3 Å². The van der Waals surface area contributed by atoms with Crippen LogP contribution >= 0.6 is 0 Å². The zero-order chi connectivity index (χ0) is 27.8. The molecule has 3 atom stereocenters. The van der Waals surface area contributed by atoms with Gasteiger partial charge in [0.05, 0.1) is 28.6 Å². The number of sulfone groups is 2. The molecule has 8 nitrogen and oxygen atoms in total. The van der Waals surface area contributed by atoms with Crippen molar-refractivity contribution in [3.63, 3.8) is 0 Å². The summed E-state index contributed by atoms with van der Waals surface area (Å²) in [6, 6.07) is 24.5. The Morgan fingerprint density at radius 2 is 1.61 bits per heavy atom. The van der Waals surface area contributed by atoms with Crippen molar-refractivity contribution in [1.82, 2.24) is 9.80 Å². The summed E-state index contributed by atoms with van der Waals surface area (Å²) < 4.78 is 46.8. The Balaban J connectivity index is 0.000000227. The number of piperidine rings is 1. The maximum Gasteiger partial charge on any atom is 0.152 e. The molecule has 0 spiro atoms. The van der Waals surface area contributed by atoms with E-state index >= 15 is 0 Å². The highest BCUT2D eigenvalue weighted by atomic mass is 32.2. The van der Waals surface area contributed by atoms with E-state index in [2.05, 4.69) is 35.2 Å². The van der Waals surface area contributed by atoms with Crippen molar-refractivity contribution in [1.29, 1.82) is 10.5 Å². The van der Waals surface area contributed by atoms with Gasteiger partial charge in [-0.05, 0) is 23.5 Å². The van der Waals surface area contributed by atoms with E-state index < -0.39 is 30.7 Å². The highest BCUT2D eigenvalue weighted by Crippen LogP contribution is 2.57. The lowest BCUT2D eigenvalue weighted by molar-refractivity contribution is 0.273. The number of nitriles is 2. The molecule has 2 fully saturated rings. The highest BCUT2D eigenvalue weighted by molar-refractivity contribution is 7.94. The van der Waals surface area contributed by atoms with Gasteiger partial charge in [0.15, 0.2) is 9.84 Å². The molecule has 0 radical (unpaired) electrons. The van der Waals surface area contributed by atoms with Gasteiger partial charge in [0.1, 0.15) is 9.84 Å². The fraction of sp³-hybridized carbons (Fsp3) is 0.500. The summed E-state index contributed by atoms with van der Waals surface area (Å²) in [7, 11) is -6.93. The summed E-state index contributed by atoms with van der Waals surface area (Å²) in [5, 5.41) is 16.8. The van der Waals surface area contributed by atoms with Crippen molar-refractivity contribution in [2.75, 3.05) is 44.4 Å². The van der Waals surface area contributed by atoms with Gasteiger partial charge < -0.3 is 0 Å². The van der Waals surface area contributed by atoms with Crippen LogP contribution in [0.25, 0.3) is 0 Å². The van der Waals surface area contributed by atoms with Gasteiger partial charge in [0.25, 0.3) is 0 Å². The molecule has 38 heavy (non-hydrogen) atoms. The second-order valence-corrected chi connectivity index (χ2v) is 15.0. The van der Waals surface area contributed by atoms with E-state index in [1.807, 2.05) is 47.4 Å². The minimum atomic E-state index is -3.51. The zero-order valence-corrected chi connectivity index (χ0v) is 23.7. The SMILES string of the molecule is CS(=O)(=O)CC(CN(CCC#N)Cc1ccccc1)S(C)(=O)=O.N#CC12CC1CN(Cc1ccccc1)C2. The Hall–Kier alpha value is -2.76. The smallest absolute Gasteiger partial charge is 0.152 e. The van der Waals surface area contributed by atoms with Crippen molar-refractivity contribution in [3.05, 3.63) is 71.8 Å². The fourth-order valence-corrected chi connectivity index (χ4v) is 7.94. The quantitative estimate of drug-likeness (QED) is 0.414. The van der Waals surface area contributed by atoms with Gasteiger partial charge >= 0.3 is 0 Å². The standard InChI is InChI=1S/C15H22N2O4S2.C13H14N2/c1-22(18,19)13-15(23(2,20)21)12-17(10-6-9-16)11-14-7-4-3-5-8-14;14-9-13-6-12(13)8-15(10-13)7-11-4-2-1-3-5-11/h3-5,7-8,15H,6,10-13H2,1-2H3;1-5,12H,6-8,10H2. The first-order valence-electron chi connectivity index (χ1n) is 12.6. The molecule has 1 saturated heterocycles. The first-order valence-corrected chi connectivity index (χ1v) is 16.6. The Morgan fingerprint density at radius 3 is 2.11 bits per heavy atom. The predicted molar refractivity (Wildman–Crippen MR) is 148 cm³/mol. The van der Waals surface area contributed by atoms with Crippen molar-refractivity contribution in [3.8, 4) is 12.1 Å². The first kappa shape index (κ1) is 29.8. The Bertz CT molecular complexity index is 1350. The van der Waals surface area contributed by atoms with Crippen LogP contribution in [0.5, 0.6) is 0 Å². The summed E-state index contributed by atoms with van der Waals surface area (Å²) >= 11 is 0. The third-order valence-corrected chi connectivity index (χ3v) is 9.78. The average Bonchev–Trinajstić information content (AvgIpc) is 3.43. The van der Waals surface area contributed by atoms with E-state index in [9.17, 15) is 16.8 Å². The van der Waals surface area contributed by atoms with Gasteiger partial charge in [-0.3, -0.25) is 9.80 Å². The zero-order valence-electron chi connectivity index (χ0n) is 22.0. The number of fused-ring (bicyclic) bond motifs is 1. The third kappa shape index (κ3) is 9.21. The van der Waals surface area contributed by atoms with E-state index in [1.165, 1.54) is 5.56 Å². The molecule has 0 bridgehead atoms. The molecular weight excluding hydrogens is 520 g/mol. The van der Waals surface area contributed by atoms with Gasteiger partial charge in [-0.1, -0.05) is 60.7 Å². The maximum absolute atomic E-state index is 11.9. The summed E-state index contributed by atoms with van der Waals surface area (Å²) in [5.41, 5.74) is 2.37. The van der Waals surface area contributed by atoms with Crippen LogP contribution in [0.4, 0.5) is 0 Å². The fourth-order valence-electron chi connectivity index (χ4n) is 4.95. The van der Waals surface area contributed by atoms with Crippen LogP contribution in [-0.4, -0.2) is 76.3 Å². The van der Waals surface area contributed by atoms with Crippen LogP contribution in [0.1, 0.15) is 24.0 Å². The van der Waals surface area contributed by atoms with Crippen molar-refractivity contribution < 1.29 is 16.8 Å². The molecule has 0 N–H and O–H groups in total. The number of hydrogen-bond acceptors (Lipinski definition) is 8. The molecule has 204 valence electrons. The molecule has 2 aliphatic rings. The average molecular weight is 557 g/mol. The minimum absolute atomic E-state index is 0.0365. The van der Waals surface area contributed by atoms with Crippen LogP contribution in [0.2, 0.25) is 0 Å². The number of hydrogen-bond donors (Lipinski definition) is 0. The van der Waals surface area contributed by atoms with Crippen molar-refractivity contribution in [2.45, 2.75) is 31.2 Å². The molecule has 4 rings (SSSR count). The second kappa shape index (κ2) is 12.9. The summed E-state index contributed by atoms with van der Waals surface area (Å²) in [5.74, 6) is 0.246. The molecule has 1 aliphatic carbocycles. The summed E-state index contributed by atoms with van der Waals surface area (Å²) in [4.78, 5) is 4.22. The lowest BCUT2D eigenvalue weighted by Gasteiger charge is -2.25. The van der Waals surface area contributed by atoms with E-state index in [-0.39, 0.29) is 18.4 Å². The predicted octanol–water partition coefficient (Wildman–Crippen LogP) is 2.89. The topological polar surface area (TPSA) is 122 Å². The normalized spacial score (nSPS) is 21.4. The lowest BCUT2D eigenvalue weighted by atomic mass is 10.1. The van der Waals surface area contributed by atoms with Gasteiger partial charge in [0, 0.05) is 58.2 Å². The number of benzene rings is 2. The van der Waals surface area contributed by atoms with E-state index in [0.29, 0.717) is 19.0 Å². The number of rotatable bonds is 11. The molecule has 1 saturated carbocycles. The van der Waals surface area contributed by atoms with Crippen LogP contribution in [0.15, 0.2) is 60.7 Å². The molecular formula is C28H36N4O4S2. The van der Waals surface area contributed by atoms with Crippen molar-refractivity contribution >= 4 is 19.7 Å². The van der Waals surface area contributed by atoms with Gasteiger partial charge in [-0.2, -0.15) is 10.5 Å². The van der Waals surface area contributed by atoms with E-state index in [1.54, 1.807) is 0 Å². The molecule has 2 aromatic carbocycles. The van der Waals surface area contributed by atoms with Gasteiger partial charge in [-0.25, -0.2) is 16.8 Å². The molecule has 1 aliphatic heterocycles. The lowest BCUT2D eigenvalue weighted by Crippen LogP contribution is -2.40.